The highest BCUT2D eigenvalue weighted by atomic mass is 16.7. The van der Waals surface area contributed by atoms with Gasteiger partial charge in [-0.05, 0) is 32.4 Å². The number of carbonyl (C=O) groups excluding carboxylic acids is 1. The molecule has 130 valence electrons. The lowest BCUT2D eigenvalue weighted by Gasteiger charge is -2.27. The molecule has 0 aromatic carbocycles. The topological polar surface area (TPSA) is 54.9 Å². The fourth-order valence-corrected chi connectivity index (χ4v) is 2.60. The molecule has 1 unspecified atom stereocenters. The van der Waals surface area contributed by atoms with Gasteiger partial charge in [0, 0.05) is 25.6 Å². The molecular formula is C18H25N3O3. The third-order valence-electron chi connectivity index (χ3n) is 3.70. The van der Waals surface area contributed by atoms with Crippen molar-refractivity contribution in [3.8, 4) is 0 Å². The van der Waals surface area contributed by atoms with Crippen molar-refractivity contribution in [1.29, 1.82) is 0 Å². The molecule has 1 aliphatic carbocycles. The summed E-state index contributed by atoms with van der Waals surface area (Å²) in [4.78, 5) is 23.7. The summed E-state index contributed by atoms with van der Waals surface area (Å²) in [5.74, 6) is 2.08. The van der Waals surface area contributed by atoms with E-state index in [1.54, 1.807) is 7.11 Å². The largest absolute Gasteiger partial charge is 0.500 e. The Morgan fingerprint density at radius 2 is 2.08 bits per heavy atom. The first kappa shape index (κ1) is 18.0. The highest BCUT2D eigenvalue weighted by molar-refractivity contribution is 5.73. The molecule has 0 radical (unpaired) electrons. The van der Waals surface area contributed by atoms with Gasteiger partial charge < -0.3 is 9.64 Å². The lowest BCUT2D eigenvalue weighted by atomic mass is 9.90. The minimum absolute atomic E-state index is 0.00285. The molecule has 0 saturated carbocycles. The molecule has 0 bridgehead atoms. The number of hydroxylamine groups is 1. The van der Waals surface area contributed by atoms with Gasteiger partial charge >= 0.3 is 0 Å². The number of carbonyl (C=O) groups is 1. The van der Waals surface area contributed by atoms with Gasteiger partial charge in [-0.2, -0.15) is 5.06 Å². The number of amides is 1. The van der Waals surface area contributed by atoms with Gasteiger partial charge in [-0.1, -0.05) is 18.2 Å². The predicted molar refractivity (Wildman–Crippen MR) is 94.9 cm³/mol. The Kier molecular flexibility index (Phi) is 5.98. The van der Waals surface area contributed by atoms with E-state index in [2.05, 4.69) is 11.1 Å². The summed E-state index contributed by atoms with van der Waals surface area (Å²) in [7, 11) is 5.47. The fourth-order valence-electron chi connectivity index (χ4n) is 2.60. The summed E-state index contributed by atoms with van der Waals surface area (Å²) in [6.07, 6.45) is 7.28. The van der Waals surface area contributed by atoms with Crippen molar-refractivity contribution in [2.24, 2.45) is 0 Å². The van der Waals surface area contributed by atoms with Crippen LogP contribution in [0.2, 0.25) is 0 Å². The number of methoxy groups -OCH3 is 1. The highest BCUT2D eigenvalue weighted by Gasteiger charge is 2.26. The Balaban J connectivity index is 2.52. The van der Waals surface area contributed by atoms with Crippen LogP contribution in [0.4, 0.5) is 11.6 Å². The van der Waals surface area contributed by atoms with E-state index in [9.17, 15) is 4.79 Å². The van der Waals surface area contributed by atoms with Gasteiger partial charge in [0.25, 0.3) is 0 Å². The zero-order valence-electron chi connectivity index (χ0n) is 14.9. The Morgan fingerprint density at radius 3 is 2.67 bits per heavy atom. The maximum absolute atomic E-state index is 11.6. The van der Waals surface area contributed by atoms with E-state index in [1.165, 1.54) is 5.06 Å². The lowest BCUT2D eigenvalue weighted by Crippen LogP contribution is -2.29. The van der Waals surface area contributed by atoms with Crippen molar-refractivity contribution in [3.63, 3.8) is 0 Å². The van der Waals surface area contributed by atoms with Crippen LogP contribution in [0.5, 0.6) is 0 Å². The molecule has 0 saturated heterocycles. The highest BCUT2D eigenvalue weighted by Crippen LogP contribution is 2.37. The smallest absolute Gasteiger partial charge is 0.239 e. The van der Waals surface area contributed by atoms with Crippen LogP contribution in [-0.2, 0) is 14.4 Å². The standard InChI is InChI=1S/C18H25N3O3/c1-13(2)24-21(12-22)18-15(10-11-17(19-18)20(3)4)14-8-6-7-9-16(14)23-5/h6-7,9-14H,8H2,1-5H3. The second-order valence-electron chi connectivity index (χ2n) is 6.05. The van der Waals surface area contributed by atoms with E-state index in [4.69, 9.17) is 9.57 Å². The molecular weight excluding hydrogens is 306 g/mol. The first-order chi connectivity index (χ1) is 11.5. The van der Waals surface area contributed by atoms with E-state index >= 15 is 0 Å². The molecule has 0 fully saturated rings. The normalized spacial score (nSPS) is 16.8. The molecule has 24 heavy (non-hydrogen) atoms. The van der Waals surface area contributed by atoms with E-state index in [-0.39, 0.29) is 12.0 Å². The predicted octanol–water partition coefficient (Wildman–Crippen LogP) is 3.02. The van der Waals surface area contributed by atoms with Gasteiger partial charge in [0.05, 0.1) is 13.2 Å². The van der Waals surface area contributed by atoms with Crippen molar-refractivity contribution in [2.75, 3.05) is 31.2 Å². The molecule has 1 aromatic heterocycles. The molecule has 2 rings (SSSR count). The van der Waals surface area contributed by atoms with Crippen LogP contribution < -0.4 is 9.96 Å². The molecule has 1 aromatic rings. The number of nitrogens with zero attached hydrogens (tertiary/aromatic N) is 3. The van der Waals surface area contributed by atoms with E-state index in [1.807, 2.05) is 57.1 Å². The minimum atomic E-state index is -0.142. The quantitative estimate of drug-likeness (QED) is 0.568. The Labute approximate surface area is 143 Å². The number of ether oxygens (including phenoxy) is 1. The van der Waals surface area contributed by atoms with Crippen molar-refractivity contribution in [2.45, 2.75) is 32.3 Å². The zero-order valence-corrected chi connectivity index (χ0v) is 14.9. The third-order valence-corrected chi connectivity index (χ3v) is 3.70. The Hall–Kier alpha value is -2.34. The van der Waals surface area contributed by atoms with Crippen molar-refractivity contribution >= 4 is 18.0 Å². The number of pyridine rings is 1. The summed E-state index contributed by atoms with van der Waals surface area (Å²) in [6, 6.07) is 3.91. The molecule has 1 heterocycles. The number of anilines is 2. The van der Waals surface area contributed by atoms with Crippen molar-refractivity contribution in [3.05, 3.63) is 41.7 Å². The molecule has 6 nitrogen and oxygen atoms in total. The van der Waals surface area contributed by atoms with E-state index in [0.29, 0.717) is 12.2 Å². The first-order valence-electron chi connectivity index (χ1n) is 7.98. The zero-order chi connectivity index (χ0) is 17.7. The summed E-state index contributed by atoms with van der Waals surface area (Å²) in [5, 5.41) is 1.21. The molecule has 0 aliphatic heterocycles. The van der Waals surface area contributed by atoms with Crippen LogP contribution >= 0.6 is 0 Å². The molecule has 1 aliphatic rings. The molecule has 1 atom stereocenters. The average Bonchev–Trinajstić information content (AvgIpc) is 2.58. The summed E-state index contributed by atoms with van der Waals surface area (Å²) < 4.78 is 5.51. The Bertz CT molecular complexity index is 638. The molecule has 1 amide bonds. The molecule has 6 heteroatoms. The second-order valence-corrected chi connectivity index (χ2v) is 6.05. The van der Waals surface area contributed by atoms with Gasteiger partial charge in [-0.15, -0.1) is 0 Å². The maximum atomic E-state index is 11.6. The minimum Gasteiger partial charge on any atom is -0.500 e. The Morgan fingerprint density at radius 1 is 1.33 bits per heavy atom. The van der Waals surface area contributed by atoms with Gasteiger partial charge in [0.1, 0.15) is 11.6 Å². The summed E-state index contributed by atoms with van der Waals surface area (Å²) in [5.41, 5.74) is 0.894. The number of hydrogen-bond acceptors (Lipinski definition) is 5. The number of aromatic nitrogens is 1. The van der Waals surface area contributed by atoms with Crippen LogP contribution in [0.15, 0.2) is 36.1 Å². The van der Waals surface area contributed by atoms with Gasteiger partial charge in [0.15, 0.2) is 5.82 Å². The number of allylic oxidation sites excluding steroid dienone is 4. The number of hydrogen-bond donors (Lipinski definition) is 0. The van der Waals surface area contributed by atoms with E-state index in [0.717, 1.165) is 23.6 Å². The van der Waals surface area contributed by atoms with Crippen LogP contribution in [0.3, 0.4) is 0 Å². The average molecular weight is 331 g/mol. The SMILES string of the molecule is COC1=CC=CCC1c1ccc(N(C)C)nc1N(C=O)OC(C)C. The number of rotatable bonds is 7. The lowest BCUT2D eigenvalue weighted by molar-refractivity contribution is -0.115. The van der Waals surface area contributed by atoms with Crippen LogP contribution in [0.1, 0.15) is 31.7 Å². The fraction of sp³-hybridized carbons (Fsp3) is 0.444. The van der Waals surface area contributed by atoms with Crippen molar-refractivity contribution in [1.82, 2.24) is 4.98 Å². The van der Waals surface area contributed by atoms with Gasteiger partial charge in [-0.3, -0.25) is 9.63 Å². The van der Waals surface area contributed by atoms with Crippen LogP contribution in [-0.4, -0.2) is 38.7 Å². The second kappa shape index (κ2) is 7.97. The molecule has 0 N–H and O–H groups in total. The third kappa shape index (κ3) is 3.94. The van der Waals surface area contributed by atoms with Gasteiger partial charge in [-0.25, -0.2) is 4.98 Å². The molecule has 0 spiro atoms. The van der Waals surface area contributed by atoms with Crippen molar-refractivity contribution < 1.29 is 14.4 Å². The summed E-state index contributed by atoms with van der Waals surface area (Å²) >= 11 is 0. The maximum Gasteiger partial charge on any atom is 0.239 e. The van der Waals surface area contributed by atoms with Crippen LogP contribution in [0.25, 0.3) is 0 Å². The first-order valence-corrected chi connectivity index (χ1v) is 7.98. The van der Waals surface area contributed by atoms with E-state index < -0.39 is 0 Å². The monoisotopic (exact) mass is 331 g/mol. The summed E-state index contributed by atoms with van der Waals surface area (Å²) in [6.45, 7) is 3.74. The van der Waals surface area contributed by atoms with Crippen LogP contribution in [0, 0.1) is 0 Å². The van der Waals surface area contributed by atoms with Gasteiger partial charge in [0.2, 0.25) is 6.41 Å².